The number of ether oxygens (including phenoxy) is 1. The second-order valence-corrected chi connectivity index (χ2v) is 5.76. The van der Waals surface area contributed by atoms with Crippen molar-refractivity contribution in [1.29, 1.82) is 0 Å². The molecule has 0 bridgehead atoms. The van der Waals surface area contributed by atoms with E-state index in [1.165, 1.54) is 0 Å². The van der Waals surface area contributed by atoms with Crippen LogP contribution in [0, 0.1) is 0 Å². The molecular formula is C16H17BrClNO. The molecular weight excluding hydrogens is 338 g/mol. The highest BCUT2D eigenvalue weighted by atomic mass is 79.9. The predicted octanol–water partition coefficient (Wildman–Crippen LogP) is 4.81. The molecule has 0 aliphatic carbocycles. The minimum atomic E-state index is 0.0516. The van der Waals surface area contributed by atoms with Crippen molar-refractivity contribution in [2.45, 2.75) is 13.0 Å². The zero-order valence-corrected chi connectivity index (χ0v) is 13.8. The third kappa shape index (κ3) is 3.54. The van der Waals surface area contributed by atoms with Gasteiger partial charge in [-0.15, -0.1) is 0 Å². The molecule has 2 aromatic rings. The first-order chi connectivity index (χ1) is 9.65. The minimum Gasteiger partial charge on any atom is -0.497 e. The fourth-order valence-corrected chi connectivity index (χ4v) is 2.95. The van der Waals surface area contributed by atoms with Gasteiger partial charge in [0.15, 0.2) is 0 Å². The largest absolute Gasteiger partial charge is 0.497 e. The molecule has 2 rings (SSSR count). The molecule has 4 heteroatoms. The molecule has 0 radical (unpaired) electrons. The Morgan fingerprint density at radius 1 is 1.25 bits per heavy atom. The summed E-state index contributed by atoms with van der Waals surface area (Å²) in [6.07, 6.45) is 0. The lowest BCUT2D eigenvalue weighted by atomic mass is 9.98. The maximum Gasteiger partial charge on any atom is 0.119 e. The molecule has 0 amide bonds. The van der Waals surface area contributed by atoms with Crippen LogP contribution in [-0.4, -0.2) is 13.7 Å². The third-order valence-electron chi connectivity index (χ3n) is 3.11. The summed E-state index contributed by atoms with van der Waals surface area (Å²) in [6.45, 7) is 2.94. The first kappa shape index (κ1) is 15.4. The van der Waals surface area contributed by atoms with Crippen molar-refractivity contribution in [2.75, 3.05) is 13.7 Å². The molecule has 1 unspecified atom stereocenters. The van der Waals surface area contributed by atoms with Gasteiger partial charge in [0.25, 0.3) is 0 Å². The van der Waals surface area contributed by atoms with Crippen molar-refractivity contribution in [2.24, 2.45) is 0 Å². The Bertz CT molecular complexity index is 588. The van der Waals surface area contributed by atoms with E-state index in [0.29, 0.717) is 0 Å². The highest BCUT2D eigenvalue weighted by molar-refractivity contribution is 9.10. The van der Waals surface area contributed by atoms with Crippen molar-refractivity contribution in [3.8, 4) is 5.75 Å². The van der Waals surface area contributed by atoms with E-state index in [9.17, 15) is 0 Å². The summed E-state index contributed by atoms with van der Waals surface area (Å²) in [7, 11) is 1.67. The van der Waals surface area contributed by atoms with Gasteiger partial charge in [0.1, 0.15) is 5.75 Å². The number of hydrogen-bond donors (Lipinski definition) is 1. The van der Waals surface area contributed by atoms with E-state index in [-0.39, 0.29) is 6.04 Å². The molecule has 0 fully saturated rings. The van der Waals surface area contributed by atoms with Crippen LogP contribution in [-0.2, 0) is 0 Å². The summed E-state index contributed by atoms with van der Waals surface area (Å²) in [5, 5.41) is 4.22. The molecule has 0 spiro atoms. The molecule has 2 nitrogen and oxygen atoms in total. The number of methoxy groups -OCH3 is 1. The monoisotopic (exact) mass is 353 g/mol. The van der Waals surface area contributed by atoms with Crippen molar-refractivity contribution in [1.82, 2.24) is 5.32 Å². The van der Waals surface area contributed by atoms with Crippen molar-refractivity contribution in [3.63, 3.8) is 0 Å². The number of benzene rings is 2. The van der Waals surface area contributed by atoms with Gasteiger partial charge in [-0.3, -0.25) is 0 Å². The van der Waals surface area contributed by atoms with Crippen LogP contribution in [0.5, 0.6) is 5.75 Å². The standard InChI is InChI=1S/C16H17BrClNO/c1-3-19-16(11-5-4-6-13(9-11)20-2)14-8-7-12(17)10-15(14)18/h4-10,16,19H,3H2,1-2H3. The van der Waals surface area contributed by atoms with Gasteiger partial charge in [-0.2, -0.15) is 0 Å². The summed E-state index contributed by atoms with van der Waals surface area (Å²) in [5.41, 5.74) is 2.19. The SMILES string of the molecule is CCNC(c1cccc(OC)c1)c1ccc(Br)cc1Cl. The van der Waals surface area contributed by atoms with Crippen LogP contribution in [0.1, 0.15) is 24.1 Å². The molecule has 20 heavy (non-hydrogen) atoms. The van der Waals surface area contributed by atoms with Gasteiger partial charge in [-0.05, 0) is 41.9 Å². The molecule has 0 saturated heterocycles. The predicted molar refractivity (Wildman–Crippen MR) is 87.7 cm³/mol. The Labute approximate surface area is 133 Å². The van der Waals surface area contributed by atoms with E-state index < -0.39 is 0 Å². The fourth-order valence-electron chi connectivity index (χ4n) is 2.17. The Morgan fingerprint density at radius 3 is 2.70 bits per heavy atom. The summed E-state index contributed by atoms with van der Waals surface area (Å²) in [6, 6.07) is 14.1. The van der Waals surface area contributed by atoms with Crippen molar-refractivity contribution < 1.29 is 4.74 Å². The van der Waals surface area contributed by atoms with Gasteiger partial charge < -0.3 is 10.1 Å². The van der Waals surface area contributed by atoms with Crippen LogP contribution in [0.15, 0.2) is 46.9 Å². The highest BCUT2D eigenvalue weighted by Gasteiger charge is 2.16. The summed E-state index contributed by atoms with van der Waals surface area (Å²) < 4.78 is 6.28. The number of nitrogens with one attached hydrogen (secondary N) is 1. The lowest BCUT2D eigenvalue weighted by molar-refractivity contribution is 0.413. The molecule has 0 aliphatic heterocycles. The quantitative estimate of drug-likeness (QED) is 0.832. The van der Waals surface area contributed by atoms with E-state index in [1.807, 2.05) is 36.4 Å². The Balaban J connectivity index is 2.44. The molecule has 1 N–H and O–H groups in total. The maximum atomic E-state index is 6.38. The van der Waals surface area contributed by atoms with Gasteiger partial charge in [0.05, 0.1) is 13.2 Å². The van der Waals surface area contributed by atoms with E-state index in [2.05, 4.69) is 34.2 Å². The molecule has 106 valence electrons. The van der Waals surface area contributed by atoms with Gasteiger partial charge in [-0.25, -0.2) is 0 Å². The fraction of sp³-hybridized carbons (Fsp3) is 0.250. The second-order valence-electron chi connectivity index (χ2n) is 4.43. The van der Waals surface area contributed by atoms with Gasteiger partial charge in [-0.1, -0.05) is 52.7 Å². The summed E-state index contributed by atoms with van der Waals surface area (Å²) in [5.74, 6) is 0.846. The van der Waals surface area contributed by atoms with E-state index >= 15 is 0 Å². The topological polar surface area (TPSA) is 21.3 Å². The zero-order valence-electron chi connectivity index (χ0n) is 11.5. The first-order valence-electron chi connectivity index (χ1n) is 6.48. The average Bonchev–Trinajstić information content (AvgIpc) is 2.45. The van der Waals surface area contributed by atoms with Crippen LogP contribution >= 0.6 is 27.5 Å². The number of rotatable bonds is 5. The Hall–Kier alpha value is -1.03. The van der Waals surface area contributed by atoms with Gasteiger partial charge in [0, 0.05) is 9.50 Å². The molecule has 0 aliphatic rings. The van der Waals surface area contributed by atoms with Crippen LogP contribution in [0.3, 0.4) is 0 Å². The molecule has 0 aromatic heterocycles. The van der Waals surface area contributed by atoms with Gasteiger partial charge >= 0.3 is 0 Å². The highest BCUT2D eigenvalue weighted by Crippen LogP contribution is 2.31. The minimum absolute atomic E-state index is 0.0516. The Morgan fingerprint density at radius 2 is 2.05 bits per heavy atom. The number of hydrogen-bond acceptors (Lipinski definition) is 2. The van der Waals surface area contributed by atoms with Crippen molar-refractivity contribution in [3.05, 3.63) is 63.1 Å². The summed E-state index contributed by atoms with van der Waals surface area (Å²) >= 11 is 9.82. The first-order valence-corrected chi connectivity index (χ1v) is 7.65. The van der Waals surface area contributed by atoms with Crippen LogP contribution in [0.4, 0.5) is 0 Å². The van der Waals surface area contributed by atoms with E-state index in [0.717, 1.165) is 32.9 Å². The van der Waals surface area contributed by atoms with Crippen LogP contribution in [0.25, 0.3) is 0 Å². The van der Waals surface area contributed by atoms with E-state index in [1.54, 1.807) is 7.11 Å². The third-order valence-corrected chi connectivity index (χ3v) is 3.93. The molecule has 0 heterocycles. The summed E-state index contributed by atoms with van der Waals surface area (Å²) in [4.78, 5) is 0. The van der Waals surface area contributed by atoms with Crippen LogP contribution < -0.4 is 10.1 Å². The van der Waals surface area contributed by atoms with Crippen molar-refractivity contribution >= 4 is 27.5 Å². The zero-order chi connectivity index (χ0) is 14.5. The smallest absolute Gasteiger partial charge is 0.119 e. The normalized spacial score (nSPS) is 12.2. The maximum absolute atomic E-state index is 6.38. The second kappa shape index (κ2) is 7.11. The lowest BCUT2D eigenvalue weighted by Gasteiger charge is -2.21. The molecule has 2 aromatic carbocycles. The number of halogens is 2. The Kier molecular flexibility index (Phi) is 5.46. The lowest BCUT2D eigenvalue weighted by Crippen LogP contribution is -2.22. The van der Waals surface area contributed by atoms with E-state index in [4.69, 9.17) is 16.3 Å². The van der Waals surface area contributed by atoms with Crippen LogP contribution in [0.2, 0.25) is 5.02 Å². The average molecular weight is 355 g/mol. The molecule has 1 atom stereocenters. The molecule has 0 saturated carbocycles. The van der Waals surface area contributed by atoms with Gasteiger partial charge in [0.2, 0.25) is 0 Å².